The van der Waals surface area contributed by atoms with Gasteiger partial charge in [-0.3, -0.25) is 4.79 Å². The number of carbonyl (C=O) groups is 1. The Morgan fingerprint density at radius 1 is 1.56 bits per heavy atom. The molecule has 0 heterocycles. The zero-order valence-corrected chi connectivity index (χ0v) is 11.9. The molecule has 0 saturated carbocycles. The lowest BCUT2D eigenvalue weighted by Gasteiger charge is -2.09. The zero-order valence-electron chi connectivity index (χ0n) is 8.77. The molecule has 0 radical (unpaired) electrons. The number of alkyl halides is 1. The van der Waals surface area contributed by atoms with Crippen LogP contribution in [0.4, 0.5) is 0 Å². The number of carbonyl (C=O) groups excluding carboxylic acids is 1. The minimum Gasteiger partial charge on any atom is -0.351 e. The summed E-state index contributed by atoms with van der Waals surface area (Å²) in [5.41, 5.74) is 0.560. The fraction of sp³-hybridized carbons (Fsp3) is 0.364. The van der Waals surface area contributed by atoms with Crippen molar-refractivity contribution in [1.82, 2.24) is 5.32 Å². The van der Waals surface area contributed by atoms with Crippen LogP contribution < -0.4 is 5.32 Å². The second-order valence-electron chi connectivity index (χ2n) is 3.34. The Balaban J connectivity index is 2.66. The fourth-order valence-corrected chi connectivity index (χ4v) is 2.06. The van der Waals surface area contributed by atoms with E-state index >= 15 is 0 Å². The molecule has 2 nitrogen and oxygen atoms in total. The van der Waals surface area contributed by atoms with Crippen molar-refractivity contribution < 1.29 is 4.79 Å². The molecular formula is C11H12BrCl2NO. The van der Waals surface area contributed by atoms with Crippen molar-refractivity contribution >= 4 is 45.0 Å². The number of benzene rings is 1. The number of nitrogens with one attached hydrogen (secondary N) is 1. The molecule has 1 atom stereocenters. The molecule has 5 heteroatoms. The van der Waals surface area contributed by atoms with Crippen molar-refractivity contribution in [2.75, 3.05) is 6.54 Å². The lowest BCUT2D eigenvalue weighted by atomic mass is 10.2. The molecule has 0 aliphatic carbocycles. The molecule has 0 spiro atoms. The van der Waals surface area contributed by atoms with Crippen LogP contribution >= 0.6 is 39.1 Å². The summed E-state index contributed by atoms with van der Waals surface area (Å²) in [6, 6.07) is 5.05. The van der Waals surface area contributed by atoms with Gasteiger partial charge >= 0.3 is 0 Å². The number of hydrogen-bond donors (Lipinski definition) is 1. The zero-order chi connectivity index (χ0) is 12.1. The molecule has 1 N–H and O–H groups in total. The Kier molecular flexibility index (Phi) is 5.59. The van der Waals surface area contributed by atoms with Crippen LogP contribution in [0.2, 0.25) is 5.02 Å². The molecule has 1 aromatic carbocycles. The standard InChI is InChI=1S/C11H12BrCl2NO/c1-2-7(13)6-15-11(16)9-4-3-8(14)5-10(9)12/h3-5,7H,2,6H2,1H3,(H,15,16). The molecule has 0 aliphatic rings. The van der Waals surface area contributed by atoms with Crippen LogP contribution in [0.25, 0.3) is 0 Å². The van der Waals surface area contributed by atoms with E-state index in [1.807, 2.05) is 6.92 Å². The third-order valence-corrected chi connectivity index (χ3v) is 3.46. The predicted molar refractivity (Wildman–Crippen MR) is 71.4 cm³/mol. The van der Waals surface area contributed by atoms with Crippen molar-refractivity contribution in [1.29, 1.82) is 0 Å². The highest BCUT2D eigenvalue weighted by Gasteiger charge is 2.11. The maximum Gasteiger partial charge on any atom is 0.252 e. The molecule has 0 bridgehead atoms. The number of rotatable bonds is 4. The highest BCUT2D eigenvalue weighted by Crippen LogP contribution is 2.21. The van der Waals surface area contributed by atoms with E-state index in [0.29, 0.717) is 21.6 Å². The molecule has 1 rings (SSSR count). The van der Waals surface area contributed by atoms with Crippen LogP contribution in [0.1, 0.15) is 23.7 Å². The molecule has 0 aromatic heterocycles. The van der Waals surface area contributed by atoms with Crippen LogP contribution in [0.3, 0.4) is 0 Å². The van der Waals surface area contributed by atoms with E-state index in [4.69, 9.17) is 23.2 Å². The Morgan fingerprint density at radius 2 is 2.25 bits per heavy atom. The number of hydrogen-bond acceptors (Lipinski definition) is 1. The molecule has 0 fully saturated rings. The van der Waals surface area contributed by atoms with E-state index in [-0.39, 0.29) is 11.3 Å². The van der Waals surface area contributed by atoms with Crippen molar-refractivity contribution in [2.24, 2.45) is 0 Å². The molecule has 88 valence electrons. The third-order valence-electron chi connectivity index (χ3n) is 2.10. The van der Waals surface area contributed by atoms with E-state index in [1.165, 1.54) is 0 Å². The molecule has 0 aliphatic heterocycles. The summed E-state index contributed by atoms with van der Waals surface area (Å²) >= 11 is 15.0. The van der Waals surface area contributed by atoms with E-state index < -0.39 is 0 Å². The Labute approximate surface area is 113 Å². The number of halogens is 3. The second-order valence-corrected chi connectivity index (χ2v) is 5.25. The van der Waals surface area contributed by atoms with E-state index in [1.54, 1.807) is 18.2 Å². The van der Waals surface area contributed by atoms with Crippen LogP contribution in [-0.2, 0) is 0 Å². The van der Waals surface area contributed by atoms with E-state index in [2.05, 4.69) is 21.2 Å². The number of amides is 1. The Morgan fingerprint density at radius 3 is 2.81 bits per heavy atom. The topological polar surface area (TPSA) is 29.1 Å². The maximum absolute atomic E-state index is 11.8. The van der Waals surface area contributed by atoms with Gasteiger partial charge in [-0.2, -0.15) is 0 Å². The first-order chi connectivity index (χ1) is 7.54. The monoisotopic (exact) mass is 323 g/mol. The molecule has 0 saturated heterocycles. The van der Waals surface area contributed by atoms with Gasteiger partial charge in [0.15, 0.2) is 0 Å². The summed E-state index contributed by atoms with van der Waals surface area (Å²) in [4.78, 5) is 11.8. The average molecular weight is 325 g/mol. The molecule has 1 aromatic rings. The first-order valence-corrected chi connectivity index (χ1v) is 6.52. The van der Waals surface area contributed by atoms with Gasteiger partial charge < -0.3 is 5.32 Å². The summed E-state index contributed by atoms with van der Waals surface area (Å²) in [6.45, 7) is 2.44. The van der Waals surface area contributed by atoms with Crippen LogP contribution in [-0.4, -0.2) is 17.8 Å². The highest BCUT2D eigenvalue weighted by atomic mass is 79.9. The van der Waals surface area contributed by atoms with Gasteiger partial charge in [-0.15, -0.1) is 11.6 Å². The summed E-state index contributed by atoms with van der Waals surface area (Å²) < 4.78 is 0.681. The predicted octanol–water partition coefficient (Wildman–Crippen LogP) is 3.85. The van der Waals surface area contributed by atoms with Gasteiger partial charge in [-0.1, -0.05) is 18.5 Å². The lowest BCUT2D eigenvalue weighted by Crippen LogP contribution is -2.29. The van der Waals surface area contributed by atoms with Gasteiger partial charge in [-0.25, -0.2) is 0 Å². The van der Waals surface area contributed by atoms with Gasteiger partial charge in [0.1, 0.15) is 0 Å². The Hall–Kier alpha value is -0.250. The van der Waals surface area contributed by atoms with Crippen LogP contribution in [0.15, 0.2) is 22.7 Å². The first-order valence-electron chi connectivity index (χ1n) is 4.92. The average Bonchev–Trinajstić information content (AvgIpc) is 2.25. The van der Waals surface area contributed by atoms with Gasteiger partial charge in [0.25, 0.3) is 5.91 Å². The minimum atomic E-state index is -0.150. The maximum atomic E-state index is 11.8. The van der Waals surface area contributed by atoms with Gasteiger partial charge in [0, 0.05) is 16.0 Å². The summed E-state index contributed by atoms with van der Waals surface area (Å²) in [5, 5.41) is 3.32. The molecular weight excluding hydrogens is 313 g/mol. The summed E-state index contributed by atoms with van der Waals surface area (Å²) in [7, 11) is 0. The van der Waals surface area contributed by atoms with Gasteiger partial charge in [0.05, 0.1) is 10.9 Å². The highest BCUT2D eigenvalue weighted by molar-refractivity contribution is 9.10. The van der Waals surface area contributed by atoms with Crippen molar-refractivity contribution in [2.45, 2.75) is 18.7 Å². The molecule has 16 heavy (non-hydrogen) atoms. The minimum absolute atomic E-state index is 0.0324. The normalized spacial score (nSPS) is 12.2. The molecule has 1 unspecified atom stereocenters. The van der Waals surface area contributed by atoms with E-state index in [9.17, 15) is 4.79 Å². The van der Waals surface area contributed by atoms with Gasteiger partial charge in [-0.05, 0) is 40.5 Å². The molecule has 1 amide bonds. The summed E-state index contributed by atoms with van der Waals surface area (Å²) in [5.74, 6) is -0.150. The fourth-order valence-electron chi connectivity index (χ4n) is 1.12. The smallest absolute Gasteiger partial charge is 0.252 e. The first kappa shape index (κ1) is 13.8. The van der Waals surface area contributed by atoms with Crippen molar-refractivity contribution in [3.63, 3.8) is 0 Å². The lowest BCUT2D eigenvalue weighted by molar-refractivity contribution is 0.0952. The Bertz CT molecular complexity index is 384. The van der Waals surface area contributed by atoms with Crippen molar-refractivity contribution in [3.05, 3.63) is 33.3 Å². The second kappa shape index (κ2) is 6.48. The quantitative estimate of drug-likeness (QED) is 0.837. The van der Waals surface area contributed by atoms with Gasteiger partial charge in [0.2, 0.25) is 0 Å². The third kappa shape index (κ3) is 3.96. The summed E-state index contributed by atoms with van der Waals surface area (Å²) in [6.07, 6.45) is 0.823. The van der Waals surface area contributed by atoms with E-state index in [0.717, 1.165) is 6.42 Å². The van der Waals surface area contributed by atoms with Crippen molar-refractivity contribution in [3.8, 4) is 0 Å². The van der Waals surface area contributed by atoms with Crippen LogP contribution in [0.5, 0.6) is 0 Å². The SMILES string of the molecule is CCC(Cl)CNC(=O)c1ccc(Cl)cc1Br. The largest absolute Gasteiger partial charge is 0.351 e. The van der Waals surface area contributed by atoms with Crippen LogP contribution in [0, 0.1) is 0 Å².